The van der Waals surface area contributed by atoms with Gasteiger partial charge < -0.3 is 0 Å². The predicted octanol–water partition coefficient (Wildman–Crippen LogP) is -0.353. The highest BCUT2D eigenvalue weighted by molar-refractivity contribution is 7.75. The van der Waals surface area contributed by atoms with Crippen molar-refractivity contribution in [3.05, 3.63) is 10.1 Å². The number of hydrogen-bond acceptors (Lipinski definition) is 5. The summed E-state index contributed by atoms with van der Waals surface area (Å²) in [7, 11) is 0. The van der Waals surface area contributed by atoms with Crippen molar-refractivity contribution < 1.29 is 17.5 Å². The lowest BCUT2D eigenvalue weighted by Gasteiger charge is -2.23. The van der Waals surface area contributed by atoms with Crippen LogP contribution < -0.4 is 0 Å². The first-order valence-electron chi connectivity index (χ1n) is 2.87. The molecule has 1 saturated heterocycles. The lowest BCUT2D eigenvalue weighted by atomic mass is 10.1. The zero-order valence-corrected chi connectivity index (χ0v) is 6.63. The average Bonchev–Trinajstić information content (AvgIpc) is 1.95. The third kappa shape index (κ3) is 1.73. The molecule has 1 aliphatic rings. The van der Waals surface area contributed by atoms with Gasteiger partial charge in [-0.3, -0.25) is 18.5 Å². The maximum absolute atomic E-state index is 10.4. The third-order valence-electron chi connectivity index (χ3n) is 1.37. The van der Waals surface area contributed by atoms with E-state index in [-0.39, 0.29) is 13.2 Å². The van der Waals surface area contributed by atoms with Gasteiger partial charge in [0.15, 0.2) is 0 Å². The first kappa shape index (κ1) is 8.57. The van der Waals surface area contributed by atoms with E-state index in [1.807, 2.05) is 0 Å². The normalized spacial score (nSPS) is 38.5. The Bertz CT molecular complexity index is 195. The maximum atomic E-state index is 10.4. The van der Waals surface area contributed by atoms with Gasteiger partial charge >= 0.3 is 11.4 Å². The molecule has 0 spiro atoms. The highest BCUT2D eigenvalue weighted by Crippen LogP contribution is 2.16. The van der Waals surface area contributed by atoms with Crippen LogP contribution in [0.3, 0.4) is 0 Å². The summed E-state index contributed by atoms with van der Waals surface area (Å²) < 4.78 is 19.3. The van der Waals surface area contributed by atoms with Gasteiger partial charge in [0.2, 0.25) is 0 Å². The Balaban J connectivity index is 2.62. The summed E-state index contributed by atoms with van der Waals surface area (Å²) in [5.74, 6) is 0. The summed E-state index contributed by atoms with van der Waals surface area (Å²) in [5.41, 5.74) is -1.26. The topological polar surface area (TPSA) is 78.7 Å². The van der Waals surface area contributed by atoms with Crippen molar-refractivity contribution >= 4 is 11.4 Å². The van der Waals surface area contributed by atoms with Crippen LogP contribution in [0, 0.1) is 10.1 Å². The Labute approximate surface area is 65.5 Å². The molecule has 7 heteroatoms. The third-order valence-corrected chi connectivity index (χ3v) is 1.99. The molecule has 0 amide bonds. The summed E-state index contributed by atoms with van der Waals surface area (Å²) >= 11 is -1.81. The Kier molecular flexibility index (Phi) is 2.21. The molecule has 1 heterocycles. The second-order valence-corrected chi connectivity index (χ2v) is 3.36. The molecule has 1 rings (SSSR count). The van der Waals surface area contributed by atoms with Crippen LogP contribution in [-0.4, -0.2) is 27.9 Å². The van der Waals surface area contributed by atoms with Crippen molar-refractivity contribution in [1.29, 1.82) is 0 Å². The van der Waals surface area contributed by atoms with E-state index in [4.69, 9.17) is 0 Å². The Hall–Kier alpha value is -0.530. The molecule has 0 aromatic heterocycles. The number of nitro groups is 1. The van der Waals surface area contributed by atoms with E-state index in [2.05, 4.69) is 8.37 Å². The largest absolute Gasteiger partial charge is 0.305 e. The van der Waals surface area contributed by atoms with Gasteiger partial charge in [0.25, 0.3) is 5.54 Å². The van der Waals surface area contributed by atoms with Gasteiger partial charge in [0.1, 0.15) is 13.2 Å². The molecular formula is C4H7NO5S. The molecule has 0 unspecified atom stereocenters. The first-order valence-corrected chi connectivity index (χ1v) is 3.87. The molecule has 0 N–H and O–H groups in total. The van der Waals surface area contributed by atoms with E-state index < -0.39 is 21.8 Å². The van der Waals surface area contributed by atoms with Crippen molar-refractivity contribution in [2.75, 3.05) is 13.2 Å². The molecule has 64 valence electrons. The predicted molar refractivity (Wildman–Crippen MR) is 35.4 cm³/mol. The molecule has 0 bridgehead atoms. The van der Waals surface area contributed by atoms with E-state index in [0.717, 1.165) is 0 Å². The zero-order chi connectivity index (χ0) is 8.48. The standard InChI is InChI=1S/C4H7NO5S/c1-4(5(6)7)2-9-11(8)10-3-4/h2-3H2,1H3. The van der Waals surface area contributed by atoms with Crippen molar-refractivity contribution in [3.8, 4) is 0 Å². The second kappa shape index (κ2) is 2.84. The van der Waals surface area contributed by atoms with Gasteiger partial charge in [-0.25, -0.2) is 0 Å². The molecule has 1 aliphatic heterocycles. The molecular weight excluding hydrogens is 174 g/mol. The number of nitrogens with zero attached hydrogens (tertiary/aromatic N) is 1. The van der Waals surface area contributed by atoms with E-state index in [0.29, 0.717) is 0 Å². The molecule has 0 aliphatic carbocycles. The fraction of sp³-hybridized carbons (Fsp3) is 1.00. The minimum Gasteiger partial charge on any atom is -0.264 e. The van der Waals surface area contributed by atoms with Crippen LogP contribution >= 0.6 is 0 Å². The van der Waals surface area contributed by atoms with Gasteiger partial charge in [-0.2, -0.15) is 4.21 Å². The van der Waals surface area contributed by atoms with E-state index in [1.54, 1.807) is 0 Å². The second-order valence-electron chi connectivity index (χ2n) is 2.48. The quantitative estimate of drug-likeness (QED) is 0.408. The molecule has 0 radical (unpaired) electrons. The zero-order valence-electron chi connectivity index (χ0n) is 5.81. The lowest BCUT2D eigenvalue weighted by molar-refractivity contribution is -0.572. The smallest absolute Gasteiger partial charge is 0.264 e. The van der Waals surface area contributed by atoms with E-state index in [1.165, 1.54) is 6.92 Å². The fourth-order valence-corrected chi connectivity index (χ4v) is 1.30. The number of rotatable bonds is 1. The lowest BCUT2D eigenvalue weighted by Crippen LogP contribution is -2.48. The fourth-order valence-electron chi connectivity index (χ4n) is 0.531. The van der Waals surface area contributed by atoms with Crippen LogP contribution in [0.1, 0.15) is 6.92 Å². The van der Waals surface area contributed by atoms with Gasteiger partial charge in [0.05, 0.1) is 0 Å². The Morgan fingerprint density at radius 2 is 2.00 bits per heavy atom. The van der Waals surface area contributed by atoms with E-state index >= 15 is 0 Å². The Morgan fingerprint density at radius 1 is 1.55 bits per heavy atom. The van der Waals surface area contributed by atoms with Crippen molar-refractivity contribution in [1.82, 2.24) is 0 Å². The molecule has 0 atom stereocenters. The summed E-state index contributed by atoms with van der Waals surface area (Å²) in [6.07, 6.45) is 0. The first-order chi connectivity index (χ1) is 5.04. The van der Waals surface area contributed by atoms with Crippen LogP contribution in [0.25, 0.3) is 0 Å². The minimum absolute atomic E-state index is 0.174. The van der Waals surface area contributed by atoms with Crippen LogP contribution in [0.15, 0.2) is 0 Å². The summed E-state index contributed by atoms with van der Waals surface area (Å²) in [5, 5.41) is 10.3. The molecule has 0 aromatic carbocycles. The molecule has 1 fully saturated rings. The summed E-state index contributed by atoms with van der Waals surface area (Å²) in [6, 6.07) is 0. The molecule has 0 aromatic rings. The van der Waals surface area contributed by atoms with Gasteiger partial charge in [-0.05, 0) is 0 Å². The van der Waals surface area contributed by atoms with Crippen LogP contribution in [-0.2, 0) is 19.7 Å². The average molecular weight is 181 g/mol. The highest BCUT2D eigenvalue weighted by atomic mass is 32.2. The highest BCUT2D eigenvalue weighted by Gasteiger charge is 2.43. The monoisotopic (exact) mass is 181 g/mol. The molecule has 6 nitrogen and oxygen atoms in total. The van der Waals surface area contributed by atoms with Crippen LogP contribution in [0.5, 0.6) is 0 Å². The van der Waals surface area contributed by atoms with Crippen molar-refractivity contribution in [2.24, 2.45) is 0 Å². The molecule has 11 heavy (non-hydrogen) atoms. The van der Waals surface area contributed by atoms with Crippen LogP contribution in [0.4, 0.5) is 0 Å². The Morgan fingerprint density at radius 3 is 2.36 bits per heavy atom. The van der Waals surface area contributed by atoms with Gasteiger partial charge in [-0.1, -0.05) is 0 Å². The van der Waals surface area contributed by atoms with Gasteiger partial charge in [-0.15, -0.1) is 0 Å². The number of hydrogen-bond donors (Lipinski definition) is 0. The summed E-state index contributed by atoms with van der Waals surface area (Å²) in [6.45, 7) is 1.03. The van der Waals surface area contributed by atoms with Crippen molar-refractivity contribution in [3.63, 3.8) is 0 Å². The van der Waals surface area contributed by atoms with Gasteiger partial charge in [0, 0.05) is 11.8 Å². The van der Waals surface area contributed by atoms with Crippen molar-refractivity contribution in [2.45, 2.75) is 12.5 Å². The summed E-state index contributed by atoms with van der Waals surface area (Å²) in [4.78, 5) is 9.83. The molecule has 0 saturated carbocycles. The minimum atomic E-state index is -1.81. The van der Waals surface area contributed by atoms with E-state index in [9.17, 15) is 14.3 Å². The maximum Gasteiger partial charge on any atom is 0.305 e. The SMILES string of the molecule is CC1([N+](=O)[O-])COS(=O)OC1. The van der Waals surface area contributed by atoms with Crippen LogP contribution in [0.2, 0.25) is 0 Å².